The van der Waals surface area contributed by atoms with E-state index < -0.39 is 11.4 Å². The maximum absolute atomic E-state index is 11.8. The Hall–Kier alpha value is -1.10. The van der Waals surface area contributed by atoms with Gasteiger partial charge in [0, 0.05) is 13.1 Å². The van der Waals surface area contributed by atoms with E-state index in [-0.39, 0.29) is 18.4 Å². The summed E-state index contributed by atoms with van der Waals surface area (Å²) in [5.41, 5.74) is 4.56. The van der Waals surface area contributed by atoms with Gasteiger partial charge >= 0.3 is 0 Å². The van der Waals surface area contributed by atoms with Crippen molar-refractivity contribution < 1.29 is 9.59 Å². The molecule has 0 aromatic rings. The lowest BCUT2D eigenvalue weighted by Gasteiger charge is -2.32. The van der Waals surface area contributed by atoms with Gasteiger partial charge in [0.15, 0.2) is 0 Å². The molecule has 3 N–H and O–H groups in total. The van der Waals surface area contributed by atoms with E-state index in [9.17, 15) is 9.59 Å². The number of carbonyl (C=O) groups excluding carboxylic acids is 2. The smallest absolute Gasteiger partial charge is 0.237 e. The van der Waals surface area contributed by atoms with Crippen molar-refractivity contribution in [1.29, 1.82) is 0 Å². The predicted molar refractivity (Wildman–Crippen MR) is 66.3 cm³/mol. The fourth-order valence-electron chi connectivity index (χ4n) is 1.91. The van der Waals surface area contributed by atoms with Gasteiger partial charge in [0.2, 0.25) is 11.8 Å². The van der Waals surface area contributed by atoms with Gasteiger partial charge in [-0.3, -0.25) is 14.9 Å². The average Bonchev–Trinajstić information content (AvgIpc) is 2.78. The van der Waals surface area contributed by atoms with E-state index in [1.165, 1.54) is 0 Å². The zero-order valence-corrected chi connectivity index (χ0v) is 11.0. The Bertz CT molecular complexity index is 298. The Morgan fingerprint density at radius 1 is 1.35 bits per heavy atom. The van der Waals surface area contributed by atoms with Crippen LogP contribution >= 0.6 is 0 Å². The van der Waals surface area contributed by atoms with Crippen LogP contribution in [0.15, 0.2) is 0 Å². The van der Waals surface area contributed by atoms with E-state index >= 15 is 0 Å². The molecule has 2 amide bonds. The summed E-state index contributed by atoms with van der Waals surface area (Å²) in [6.45, 7) is 7.41. The Morgan fingerprint density at radius 3 is 2.29 bits per heavy atom. The lowest BCUT2D eigenvalue weighted by molar-refractivity contribution is -0.130. The van der Waals surface area contributed by atoms with Crippen LogP contribution in [-0.4, -0.2) is 41.9 Å². The molecule has 0 saturated carbocycles. The minimum Gasteiger partial charge on any atom is -0.368 e. The zero-order valence-electron chi connectivity index (χ0n) is 11.0. The first kappa shape index (κ1) is 14.0. The molecule has 1 heterocycles. The fraction of sp³-hybridized carbons (Fsp3) is 0.833. The second-order valence-corrected chi connectivity index (χ2v) is 5.16. The number of nitrogens with zero attached hydrogens (tertiary/aromatic N) is 1. The summed E-state index contributed by atoms with van der Waals surface area (Å²) < 4.78 is 0. The SMILES string of the molecule is CC(C)C(C)(NCC(=O)N1CCCC1)C(N)=O. The van der Waals surface area contributed by atoms with E-state index in [1.54, 1.807) is 6.92 Å². The highest BCUT2D eigenvalue weighted by molar-refractivity contribution is 5.86. The minimum atomic E-state index is -0.824. The normalized spacial score (nSPS) is 19.4. The van der Waals surface area contributed by atoms with Crippen molar-refractivity contribution in [3.8, 4) is 0 Å². The minimum absolute atomic E-state index is 0.0476. The van der Waals surface area contributed by atoms with Crippen LogP contribution in [0.3, 0.4) is 0 Å². The molecule has 0 aliphatic carbocycles. The van der Waals surface area contributed by atoms with Crippen LogP contribution < -0.4 is 11.1 Å². The molecule has 5 nitrogen and oxygen atoms in total. The summed E-state index contributed by atoms with van der Waals surface area (Å²) in [7, 11) is 0. The second-order valence-electron chi connectivity index (χ2n) is 5.16. The van der Waals surface area contributed by atoms with Crippen LogP contribution in [0.1, 0.15) is 33.6 Å². The van der Waals surface area contributed by atoms with Crippen molar-refractivity contribution in [2.24, 2.45) is 11.7 Å². The average molecular weight is 241 g/mol. The zero-order chi connectivity index (χ0) is 13.1. The molecular formula is C12H23N3O2. The van der Waals surface area contributed by atoms with Crippen LogP contribution in [0.25, 0.3) is 0 Å². The molecule has 0 radical (unpaired) electrons. The summed E-state index contributed by atoms with van der Waals surface area (Å²) >= 11 is 0. The topological polar surface area (TPSA) is 75.4 Å². The standard InChI is InChI=1S/C12H23N3O2/c1-9(2)12(3,11(13)17)14-8-10(16)15-6-4-5-7-15/h9,14H,4-8H2,1-3H3,(H2,13,17). The molecule has 1 aliphatic rings. The van der Waals surface area contributed by atoms with Gasteiger partial charge in [-0.15, -0.1) is 0 Å². The molecular weight excluding hydrogens is 218 g/mol. The van der Waals surface area contributed by atoms with Gasteiger partial charge in [0.1, 0.15) is 0 Å². The van der Waals surface area contributed by atoms with Crippen LogP contribution in [-0.2, 0) is 9.59 Å². The van der Waals surface area contributed by atoms with Crippen molar-refractivity contribution >= 4 is 11.8 Å². The monoisotopic (exact) mass is 241 g/mol. The molecule has 0 aromatic heterocycles. The first-order valence-electron chi connectivity index (χ1n) is 6.20. The van der Waals surface area contributed by atoms with Gasteiger partial charge in [-0.1, -0.05) is 13.8 Å². The summed E-state index contributed by atoms with van der Waals surface area (Å²) in [5.74, 6) is -0.316. The third-order valence-electron chi connectivity index (χ3n) is 3.73. The van der Waals surface area contributed by atoms with Crippen molar-refractivity contribution in [2.75, 3.05) is 19.6 Å². The van der Waals surface area contributed by atoms with Gasteiger partial charge < -0.3 is 10.6 Å². The van der Waals surface area contributed by atoms with Crippen molar-refractivity contribution in [3.05, 3.63) is 0 Å². The van der Waals surface area contributed by atoms with Crippen molar-refractivity contribution in [3.63, 3.8) is 0 Å². The first-order chi connectivity index (χ1) is 7.88. The maximum atomic E-state index is 11.8. The summed E-state index contributed by atoms with van der Waals surface area (Å²) in [6, 6.07) is 0. The molecule has 98 valence electrons. The number of nitrogens with two attached hydrogens (primary N) is 1. The largest absolute Gasteiger partial charge is 0.368 e. The number of primary amides is 1. The van der Waals surface area contributed by atoms with E-state index in [2.05, 4.69) is 5.32 Å². The van der Waals surface area contributed by atoms with E-state index in [1.807, 2.05) is 18.7 Å². The highest BCUT2D eigenvalue weighted by Crippen LogP contribution is 2.16. The molecule has 1 saturated heterocycles. The second kappa shape index (κ2) is 5.49. The van der Waals surface area contributed by atoms with E-state index in [4.69, 9.17) is 5.73 Å². The van der Waals surface area contributed by atoms with Crippen LogP contribution in [0.2, 0.25) is 0 Å². The molecule has 0 aromatic carbocycles. The van der Waals surface area contributed by atoms with E-state index in [0.717, 1.165) is 25.9 Å². The van der Waals surface area contributed by atoms with Gasteiger partial charge in [0.25, 0.3) is 0 Å². The van der Waals surface area contributed by atoms with Gasteiger partial charge in [-0.05, 0) is 25.7 Å². The lowest BCUT2D eigenvalue weighted by Crippen LogP contribution is -2.58. The Labute approximate surface area is 103 Å². The number of amides is 2. The van der Waals surface area contributed by atoms with Crippen molar-refractivity contribution in [1.82, 2.24) is 10.2 Å². The molecule has 1 unspecified atom stereocenters. The van der Waals surface area contributed by atoms with E-state index in [0.29, 0.717) is 0 Å². The molecule has 1 atom stereocenters. The molecule has 5 heteroatoms. The van der Waals surface area contributed by atoms with Crippen LogP contribution in [0.4, 0.5) is 0 Å². The third kappa shape index (κ3) is 3.19. The molecule has 17 heavy (non-hydrogen) atoms. The molecule has 1 fully saturated rings. The summed E-state index contributed by atoms with van der Waals surface area (Å²) in [5, 5.41) is 3.01. The quantitative estimate of drug-likeness (QED) is 0.716. The Kier molecular flexibility index (Phi) is 4.51. The molecule has 0 spiro atoms. The highest BCUT2D eigenvalue weighted by Gasteiger charge is 2.35. The number of likely N-dealkylation sites (tertiary alicyclic amines) is 1. The fourth-order valence-corrected chi connectivity index (χ4v) is 1.91. The maximum Gasteiger partial charge on any atom is 0.237 e. The summed E-state index contributed by atoms with van der Waals surface area (Å²) in [6.07, 6.45) is 2.14. The lowest BCUT2D eigenvalue weighted by atomic mass is 9.87. The number of carbonyl (C=O) groups is 2. The van der Waals surface area contributed by atoms with Crippen molar-refractivity contribution in [2.45, 2.75) is 39.2 Å². The number of hydrogen-bond acceptors (Lipinski definition) is 3. The number of rotatable bonds is 5. The predicted octanol–water partition coefficient (Wildman–Crippen LogP) is 0.0984. The molecule has 1 aliphatic heterocycles. The van der Waals surface area contributed by atoms with Gasteiger partial charge in [-0.2, -0.15) is 0 Å². The molecule has 1 rings (SSSR count). The van der Waals surface area contributed by atoms with Crippen LogP contribution in [0.5, 0.6) is 0 Å². The highest BCUT2D eigenvalue weighted by atomic mass is 16.2. The number of nitrogens with one attached hydrogen (secondary N) is 1. The Morgan fingerprint density at radius 2 is 1.88 bits per heavy atom. The molecule has 0 bridgehead atoms. The van der Waals surface area contributed by atoms with Gasteiger partial charge in [-0.25, -0.2) is 0 Å². The Balaban J connectivity index is 2.52. The first-order valence-corrected chi connectivity index (χ1v) is 6.20. The van der Waals surface area contributed by atoms with Gasteiger partial charge in [0.05, 0.1) is 12.1 Å². The third-order valence-corrected chi connectivity index (χ3v) is 3.73. The summed E-state index contributed by atoms with van der Waals surface area (Å²) in [4.78, 5) is 25.1. The van der Waals surface area contributed by atoms with Crippen LogP contribution in [0, 0.1) is 5.92 Å². The number of hydrogen-bond donors (Lipinski definition) is 2.